The van der Waals surface area contributed by atoms with Crippen LogP contribution in [0, 0.1) is 36.5 Å². The summed E-state index contributed by atoms with van der Waals surface area (Å²) in [5.41, 5.74) is 2.26. The van der Waals surface area contributed by atoms with E-state index < -0.39 is 11.9 Å². The fourth-order valence-electron chi connectivity index (χ4n) is 5.88. The van der Waals surface area contributed by atoms with Gasteiger partial charge in [-0.1, -0.05) is 35.9 Å². The fraction of sp³-hybridized carbons (Fsp3) is 0.333. The summed E-state index contributed by atoms with van der Waals surface area (Å²) in [5.74, 6) is -1.62. The molecule has 1 saturated carbocycles. The topological polar surface area (TPSA) is 84.0 Å². The number of anilines is 2. The van der Waals surface area contributed by atoms with Crippen LogP contribution in [0.4, 0.5) is 11.4 Å². The maximum absolute atomic E-state index is 13.1. The van der Waals surface area contributed by atoms with Gasteiger partial charge in [-0.2, -0.15) is 0 Å². The number of imide groups is 1. The van der Waals surface area contributed by atoms with Crippen LogP contribution in [-0.4, -0.2) is 30.2 Å². The molecule has 0 aromatic heterocycles. The Kier molecular flexibility index (Phi) is 4.69. The van der Waals surface area contributed by atoms with E-state index in [4.69, 9.17) is 4.74 Å². The third kappa shape index (κ3) is 3.18. The van der Waals surface area contributed by atoms with Crippen molar-refractivity contribution in [2.24, 2.45) is 29.6 Å². The number of nitrogens with zero attached hydrogens (tertiary/aromatic N) is 2. The third-order valence-corrected chi connectivity index (χ3v) is 7.57. The SMILES string of the molecule is Cc1ccc(N2C[C@@H](C(=O)Oc3cccc(N4C(=O)[C@@H]5[C@H](C4=O)[C@@H]4C=C[C@H]5C4)c3)CC2=O)cc1. The average Bonchev–Trinajstić information content (AvgIpc) is 3.58. The van der Waals surface area contributed by atoms with Crippen molar-refractivity contribution in [3.63, 3.8) is 0 Å². The number of hydrogen-bond acceptors (Lipinski definition) is 5. The Labute approximate surface area is 197 Å². The van der Waals surface area contributed by atoms with Crippen LogP contribution in [0.2, 0.25) is 0 Å². The number of rotatable bonds is 4. The van der Waals surface area contributed by atoms with Crippen molar-refractivity contribution in [2.45, 2.75) is 19.8 Å². The molecule has 4 aliphatic rings. The summed E-state index contributed by atoms with van der Waals surface area (Å²) in [4.78, 5) is 54.4. The van der Waals surface area contributed by atoms with Gasteiger partial charge in [0.1, 0.15) is 5.75 Å². The molecule has 2 bridgehead atoms. The molecule has 0 unspecified atom stereocenters. The second-order valence-electron chi connectivity index (χ2n) is 9.67. The zero-order valence-electron chi connectivity index (χ0n) is 18.7. The summed E-state index contributed by atoms with van der Waals surface area (Å²) < 4.78 is 5.59. The fourth-order valence-corrected chi connectivity index (χ4v) is 5.88. The quantitative estimate of drug-likeness (QED) is 0.305. The van der Waals surface area contributed by atoms with E-state index in [0.29, 0.717) is 5.69 Å². The van der Waals surface area contributed by atoms with Crippen molar-refractivity contribution in [3.05, 3.63) is 66.2 Å². The molecule has 7 nitrogen and oxygen atoms in total. The number of amides is 3. The Hall–Kier alpha value is -3.74. The van der Waals surface area contributed by atoms with Crippen molar-refractivity contribution in [2.75, 3.05) is 16.3 Å². The summed E-state index contributed by atoms with van der Waals surface area (Å²) in [7, 11) is 0. The number of carbonyl (C=O) groups is 4. The van der Waals surface area contributed by atoms with Crippen LogP contribution in [-0.2, 0) is 19.2 Å². The first kappa shape index (κ1) is 20.8. The van der Waals surface area contributed by atoms with Crippen molar-refractivity contribution in [1.82, 2.24) is 0 Å². The predicted molar refractivity (Wildman–Crippen MR) is 124 cm³/mol. The monoisotopic (exact) mass is 456 g/mol. The molecule has 7 heteroatoms. The van der Waals surface area contributed by atoms with Gasteiger partial charge >= 0.3 is 5.97 Å². The average molecular weight is 456 g/mol. The lowest BCUT2D eigenvalue weighted by molar-refractivity contribution is -0.139. The zero-order chi connectivity index (χ0) is 23.6. The van der Waals surface area contributed by atoms with E-state index in [1.165, 1.54) is 4.90 Å². The first-order chi connectivity index (χ1) is 16.4. The molecular weight excluding hydrogens is 432 g/mol. The van der Waals surface area contributed by atoms with Crippen LogP contribution in [0.1, 0.15) is 18.4 Å². The Balaban J connectivity index is 1.16. The number of allylic oxidation sites excluding steroid dienone is 2. The summed E-state index contributed by atoms with van der Waals surface area (Å²) in [6.07, 6.45) is 5.07. The van der Waals surface area contributed by atoms with Gasteiger partial charge in [-0.15, -0.1) is 0 Å². The van der Waals surface area contributed by atoms with Gasteiger partial charge in [-0.25, -0.2) is 4.90 Å². The number of aryl methyl sites for hydroxylation is 1. The molecule has 34 heavy (non-hydrogen) atoms. The Morgan fingerprint density at radius 2 is 1.59 bits per heavy atom. The molecule has 6 rings (SSSR count). The number of benzene rings is 2. The number of ether oxygens (including phenoxy) is 1. The second-order valence-corrected chi connectivity index (χ2v) is 9.67. The number of fused-ring (bicyclic) bond motifs is 5. The van der Waals surface area contributed by atoms with Crippen LogP contribution < -0.4 is 14.5 Å². The summed E-state index contributed by atoms with van der Waals surface area (Å²) >= 11 is 0. The van der Waals surface area contributed by atoms with Gasteiger partial charge in [0.15, 0.2) is 0 Å². The summed E-state index contributed by atoms with van der Waals surface area (Å²) in [6, 6.07) is 14.1. The van der Waals surface area contributed by atoms with E-state index in [0.717, 1.165) is 17.7 Å². The highest BCUT2D eigenvalue weighted by atomic mass is 16.5. The normalized spacial score (nSPS) is 29.3. The van der Waals surface area contributed by atoms with Crippen LogP contribution in [0.3, 0.4) is 0 Å². The maximum atomic E-state index is 13.1. The smallest absolute Gasteiger partial charge is 0.316 e. The zero-order valence-corrected chi connectivity index (χ0v) is 18.7. The molecule has 3 fully saturated rings. The van der Waals surface area contributed by atoms with Crippen LogP contribution in [0.5, 0.6) is 5.75 Å². The molecule has 172 valence electrons. The largest absolute Gasteiger partial charge is 0.426 e. The van der Waals surface area contributed by atoms with Crippen molar-refractivity contribution >= 4 is 35.1 Å². The minimum absolute atomic E-state index is 0.0780. The van der Waals surface area contributed by atoms with E-state index in [-0.39, 0.29) is 60.1 Å². The highest BCUT2D eigenvalue weighted by Gasteiger charge is 2.59. The summed E-state index contributed by atoms with van der Waals surface area (Å²) in [6.45, 7) is 2.23. The summed E-state index contributed by atoms with van der Waals surface area (Å²) in [5, 5.41) is 0. The van der Waals surface area contributed by atoms with Gasteiger partial charge in [0.05, 0.1) is 23.4 Å². The second kappa shape index (κ2) is 7.65. The molecule has 2 aliphatic carbocycles. The Morgan fingerprint density at radius 3 is 2.26 bits per heavy atom. The first-order valence-electron chi connectivity index (χ1n) is 11.7. The van der Waals surface area contributed by atoms with Gasteiger partial charge in [0, 0.05) is 24.7 Å². The third-order valence-electron chi connectivity index (χ3n) is 7.57. The molecule has 3 amide bonds. The number of carbonyl (C=O) groups excluding carboxylic acids is 4. The van der Waals surface area contributed by atoms with Crippen LogP contribution >= 0.6 is 0 Å². The number of esters is 1. The van der Waals surface area contributed by atoms with Gasteiger partial charge in [0.2, 0.25) is 17.7 Å². The minimum Gasteiger partial charge on any atom is -0.426 e. The molecule has 0 radical (unpaired) electrons. The van der Waals surface area contributed by atoms with Crippen molar-refractivity contribution < 1.29 is 23.9 Å². The predicted octanol–water partition coefficient (Wildman–Crippen LogP) is 3.27. The van der Waals surface area contributed by atoms with Gasteiger partial charge < -0.3 is 9.64 Å². The lowest BCUT2D eigenvalue weighted by Gasteiger charge is -2.18. The molecule has 2 heterocycles. The molecular formula is C27H24N2O5. The van der Waals surface area contributed by atoms with E-state index in [1.807, 2.05) is 31.2 Å². The molecule has 0 spiro atoms. The molecule has 2 aliphatic heterocycles. The van der Waals surface area contributed by atoms with Gasteiger partial charge in [0.25, 0.3) is 0 Å². The van der Waals surface area contributed by atoms with Crippen molar-refractivity contribution in [1.29, 1.82) is 0 Å². The highest BCUT2D eigenvalue weighted by molar-refractivity contribution is 6.22. The molecule has 2 aromatic carbocycles. The highest BCUT2D eigenvalue weighted by Crippen LogP contribution is 2.53. The first-order valence-corrected chi connectivity index (χ1v) is 11.7. The number of hydrogen-bond donors (Lipinski definition) is 0. The Bertz CT molecular complexity index is 1220. The molecule has 0 N–H and O–H groups in total. The van der Waals surface area contributed by atoms with Crippen molar-refractivity contribution in [3.8, 4) is 5.75 Å². The molecule has 2 aromatic rings. The van der Waals surface area contributed by atoms with E-state index in [2.05, 4.69) is 12.2 Å². The Morgan fingerprint density at radius 1 is 0.912 bits per heavy atom. The standard InChI is InChI=1S/C27H24N2O5/c1-15-5-9-19(10-6-15)28-14-18(12-22(28)30)27(33)34-21-4-2-3-20(13-21)29-25(31)23-16-7-8-17(11-16)24(23)26(29)32/h2-10,13,16-18,23-24H,11-12,14H2,1H3/t16-,17+,18-,23-,24+/m0/s1. The molecule has 5 atom stereocenters. The van der Waals surface area contributed by atoms with Gasteiger partial charge in [-0.05, 0) is 49.4 Å². The van der Waals surface area contributed by atoms with Crippen LogP contribution in [0.25, 0.3) is 0 Å². The van der Waals surface area contributed by atoms with E-state index in [1.54, 1.807) is 29.2 Å². The lowest BCUT2D eigenvalue weighted by atomic mass is 9.85. The van der Waals surface area contributed by atoms with E-state index >= 15 is 0 Å². The van der Waals surface area contributed by atoms with Gasteiger partial charge in [-0.3, -0.25) is 19.2 Å². The lowest BCUT2D eigenvalue weighted by Crippen LogP contribution is -2.32. The maximum Gasteiger partial charge on any atom is 0.316 e. The van der Waals surface area contributed by atoms with E-state index in [9.17, 15) is 19.2 Å². The minimum atomic E-state index is -0.589. The molecule has 2 saturated heterocycles. The van der Waals surface area contributed by atoms with Crippen LogP contribution in [0.15, 0.2) is 60.7 Å².